The number of aliphatic carboxylic acids is 1. The fraction of sp³-hybridized carbons (Fsp3) is 0.857. The molecule has 0 amide bonds. The topological polar surface area (TPSA) is 37.3 Å². The van der Waals surface area contributed by atoms with Gasteiger partial charge in [0.15, 0.2) is 0 Å². The maximum absolute atomic E-state index is 10.3. The first-order chi connectivity index (χ1) is 7.77. The van der Waals surface area contributed by atoms with Gasteiger partial charge < -0.3 is 5.11 Å². The molecule has 2 nitrogen and oxygen atoms in total. The van der Waals surface area contributed by atoms with Gasteiger partial charge in [0.1, 0.15) is 0 Å². The van der Waals surface area contributed by atoms with Gasteiger partial charge in [-0.3, -0.25) is 4.79 Å². The fourth-order valence-electron chi connectivity index (χ4n) is 1.86. The Balaban J connectivity index is 2.90. The highest BCUT2D eigenvalue weighted by molar-refractivity contribution is 5.66. The molecule has 0 heterocycles. The second-order valence-corrected chi connectivity index (χ2v) is 4.52. The van der Waals surface area contributed by atoms with Crippen LogP contribution in [0.25, 0.3) is 0 Å². The first-order valence-corrected chi connectivity index (χ1v) is 6.77. The minimum absolute atomic E-state index is 0.341. The van der Waals surface area contributed by atoms with Gasteiger partial charge >= 0.3 is 5.97 Å². The average Bonchev–Trinajstić information content (AvgIpc) is 2.25. The summed E-state index contributed by atoms with van der Waals surface area (Å²) in [6.45, 7) is 2.12. The molecule has 0 rings (SSSR count). The average molecular weight is 227 g/mol. The van der Waals surface area contributed by atoms with E-state index in [2.05, 4.69) is 13.3 Å². The third-order valence-electron chi connectivity index (χ3n) is 2.88. The molecule has 0 bridgehead atoms. The van der Waals surface area contributed by atoms with Gasteiger partial charge in [0.2, 0.25) is 0 Å². The lowest BCUT2D eigenvalue weighted by atomic mass is 10.1. The monoisotopic (exact) mass is 227 g/mol. The van der Waals surface area contributed by atoms with Crippen molar-refractivity contribution in [3.63, 3.8) is 0 Å². The molecule has 0 aromatic carbocycles. The Morgan fingerprint density at radius 3 is 1.75 bits per heavy atom. The van der Waals surface area contributed by atoms with Crippen LogP contribution in [0.2, 0.25) is 0 Å². The van der Waals surface area contributed by atoms with Gasteiger partial charge in [0.25, 0.3) is 0 Å². The standard InChI is InChI=1S/C14H27O2/c1-2-3-4-5-6-7-8-9-10-11-12-13-14(15)16/h2H,3-13H2,1H3,(H,15,16). The van der Waals surface area contributed by atoms with Crippen molar-refractivity contribution < 1.29 is 9.90 Å². The molecule has 1 radical (unpaired) electrons. The quantitative estimate of drug-likeness (QED) is 0.495. The third kappa shape index (κ3) is 13.5. The summed E-state index contributed by atoms with van der Waals surface area (Å²) in [5.74, 6) is -0.660. The van der Waals surface area contributed by atoms with Crippen molar-refractivity contribution in [2.45, 2.75) is 77.6 Å². The molecule has 16 heavy (non-hydrogen) atoms. The maximum Gasteiger partial charge on any atom is 0.303 e. The van der Waals surface area contributed by atoms with Crippen molar-refractivity contribution in [2.75, 3.05) is 0 Å². The number of hydrogen-bond donors (Lipinski definition) is 1. The van der Waals surface area contributed by atoms with E-state index in [1.165, 1.54) is 51.4 Å². The zero-order valence-corrected chi connectivity index (χ0v) is 10.7. The molecule has 0 aliphatic heterocycles. The fourth-order valence-corrected chi connectivity index (χ4v) is 1.86. The van der Waals surface area contributed by atoms with Gasteiger partial charge in [-0.05, 0) is 12.8 Å². The van der Waals surface area contributed by atoms with Crippen LogP contribution in [0.4, 0.5) is 0 Å². The summed E-state index contributed by atoms with van der Waals surface area (Å²) in [5.41, 5.74) is 0. The highest BCUT2D eigenvalue weighted by atomic mass is 16.4. The number of unbranched alkanes of at least 4 members (excludes halogenated alkanes) is 10. The Kier molecular flexibility index (Phi) is 12.1. The van der Waals surface area contributed by atoms with Crippen LogP contribution in [0.1, 0.15) is 77.6 Å². The zero-order valence-electron chi connectivity index (χ0n) is 10.7. The molecule has 0 aromatic rings. The highest BCUT2D eigenvalue weighted by Gasteiger charge is 1.96. The molecule has 0 fully saturated rings. The summed E-state index contributed by atoms with van der Waals surface area (Å²) in [6.07, 6.45) is 15.0. The van der Waals surface area contributed by atoms with Crippen LogP contribution in [0.5, 0.6) is 0 Å². The van der Waals surface area contributed by atoms with Crippen LogP contribution < -0.4 is 0 Å². The van der Waals surface area contributed by atoms with E-state index in [4.69, 9.17) is 5.11 Å². The number of carbonyl (C=O) groups is 1. The molecule has 95 valence electrons. The summed E-state index contributed by atoms with van der Waals surface area (Å²) in [4.78, 5) is 10.3. The molecule has 0 aliphatic rings. The number of carboxylic acid groups (broad SMARTS) is 1. The van der Waals surface area contributed by atoms with E-state index in [1.807, 2.05) is 0 Å². The second-order valence-electron chi connectivity index (χ2n) is 4.52. The summed E-state index contributed by atoms with van der Waals surface area (Å²) >= 11 is 0. The number of hydrogen-bond acceptors (Lipinski definition) is 1. The van der Waals surface area contributed by atoms with Crippen LogP contribution in [-0.2, 0) is 4.79 Å². The van der Waals surface area contributed by atoms with Gasteiger partial charge in [-0.25, -0.2) is 0 Å². The van der Waals surface area contributed by atoms with Crippen LogP contribution in [0.3, 0.4) is 0 Å². The maximum atomic E-state index is 10.3. The summed E-state index contributed by atoms with van der Waals surface area (Å²) in [6, 6.07) is 0. The molecule has 0 unspecified atom stereocenters. The van der Waals surface area contributed by atoms with E-state index < -0.39 is 5.97 Å². The molecule has 0 atom stereocenters. The highest BCUT2D eigenvalue weighted by Crippen LogP contribution is 2.11. The molecular weight excluding hydrogens is 200 g/mol. The van der Waals surface area contributed by atoms with Crippen molar-refractivity contribution in [1.82, 2.24) is 0 Å². The smallest absolute Gasteiger partial charge is 0.303 e. The normalized spacial score (nSPS) is 10.6. The minimum Gasteiger partial charge on any atom is -0.481 e. The lowest BCUT2D eigenvalue weighted by Crippen LogP contribution is -1.93. The molecule has 0 saturated heterocycles. The zero-order chi connectivity index (χ0) is 12.1. The van der Waals surface area contributed by atoms with E-state index in [0.29, 0.717) is 6.42 Å². The third-order valence-corrected chi connectivity index (χ3v) is 2.88. The van der Waals surface area contributed by atoms with Crippen molar-refractivity contribution in [1.29, 1.82) is 0 Å². The molecule has 0 spiro atoms. The van der Waals surface area contributed by atoms with Crippen LogP contribution in [0.15, 0.2) is 0 Å². The van der Waals surface area contributed by atoms with E-state index >= 15 is 0 Å². The Morgan fingerprint density at radius 2 is 1.31 bits per heavy atom. The van der Waals surface area contributed by atoms with Crippen molar-refractivity contribution in [2.24, 2.45) is 0 Å². The van der Waals surface area contributed by atoms with Gasteiger partial charge in [-0.1, -0.05) is 64.7 Å². The molecule has 2 heteroatoms. The minimum atomic E-state index is -0.660. The number of rotatable bonds is 12. The van der Waals surface area contributed by atoms with Crippen molar-refractivity contribution in [3.8, 4) is 0 Å². The van der Waals surface area contributed by atoms with Crippen molar-refractivity contribution >= 4 is 5.97 Å². The lowest BCUT2D eigenvalue weighted by molar-refractivity contribution is -0.137. The molecule has 0 aromatic heterocycles. The predicted octanol–water partition coefficient (Wildman–Crippen LogP) is 4.59. The summed E-state index contributed by atoms with van der Waals surface area (Å²) in [7, 11) is 0. The van der Waals surface area contributed by atoms with Gasteiger partial charge in [-0.15, -0.1) is 0 Å². The van der Waals surface area contributed by atoms with E-state index in [-0.39, 0.29) is 0 Å². The summed E-state index contributed by atoms with van der Waals surface area (Å²) in [5, 5.41) is 8.45. The second kappa shape index (κ2) is 12.5. The van der Waals surface area contributed by atoms with Crippen LogP contribution in [-0.4, -0.2) is 11.1 Å². The lowest BCUT2D eigenvalue weighted by Gasteiger charge is -2.01. The van der Waals surface area contributed by atoms with E-state index in [9.17, 15) is 4.79 Å². The largest absolute Gasteiger partial charge is 0.481 e. The van der Waals surface area contributed by atoms with Crippen LogP contribution >= 0.6 is 0 Å². The predicted molar refractivity (Wildman–Crippen MR) is 68.4 cm³/mol. The van der Waals surface area contributed by atoms with E-state index in [1.54, 1.807) is 0 Å². The van der Waals surface area contributed by atoms with Gasteiger partial charge in [0.05, 0.1) is 0 Å². The van der Waals surface area contributed by atoms with Gasteiger partial charge in [0, 0.05) is 6.42 Å². The molecular formula is C14H27O2. The first kappa shape index (κ1) is 15.5. The Morgan fingerprint density at radius 1 is 0.875 bits per heavy atom. The summed E-state index contributed by atoms with van der Waals surface area (Å²) < 4.78 is 0. The Hall–Kier alpha value is -0.530. The van der Waals surface area contributed by atoms with Gasteiger partial charge in [-0.2, -0.15) is 0 Å². The van der Waals surface area contributed by atoms with Crippen LogP contribution in [0, 0.1) is 6.42 Å². The molecule has 0 saturated carbocycles. The molecule has 0 aliphatic carbocycles. The van der Waals surface area contributed by atoms with Crippen molar-refractivity contribution in [3.05, 3.63) is 6.42 Å². The Bertz CT molecular complexity index is 155. The van der Waals surface area contributed by atoms with E-state index in [0.717, 1.165) is 12.8 Å². The molecule has 1 N–H and O–H groups in total. The Labute approximate surface area is 100 Å². The number of carboxylic acids is 1. The SMILES string of the molecule is C[CH]CCCCCCCCCCCC(=O)O. The first-order valence-electron chi connectivity index (χ1n) is 6.77.